The Morgan fingerprint density at radius 2 is 1.10 bits per heavy atom. The lowest BCUT2D eigenvalue weighted by Crippen LogP contribution is -2.40. The Kier molecular flexibility index (Phi) is 5.33. The summed E-state index contributed by atoms with van der Waals surface area (Å²) in [6.45, 7) is 0. The molecule has 0 atom stereocenters. The monoisotopic (exact) mass is 608 g/mol. The normalized spacial score (nSPS) is 14.3. The minimum atomic E-state index is -0.544. The van der Waals surface area contributed by atoms with E-state index in [9.17, 15) is 19.2 Å². The van der Waals surface area contributed by atoms with E-state index in [4.69, 9.17) is 0 Å². The smallest absolute Gasteiger partial charge is 0.261 e. The van der Waals surface area contributed by atoms with Gasteiger partial charge in [-0.1, -0.05) is 12.1 Å². The molecule has 0 spiro atoms. The number of amides is 4. The topological polar surface area (TPSA) is 83.6 Å². The molecule has 4 aromatic heterocycles. The first-order valence-electron chi connectivity index (χ1n) is 12.5. The predicted octanol–water partition coefficient (Wildman–Crippen LogP) is 7.86. The minimum absolute atomic E-state index is 0.280. The largest absolute Gasteiger partial charge is 0.288 e. The van der Waals surface area contributed by atoms with Gasteiger partial charge in [-0.2, -0.15) is 0 Å². The van der Waals surface area contributed by atoms with Crippen LogP contribution in [0.4, 0.5) is 0 Å². The third-order valence-electron chi connectivity index (χ3n) is 7.43. The highest BCUT2D eigenvalue weighted by molar-refractivity contribution is 7.23. The van der Waals surface area contributed by atoms with E-state index in [2.05, 4.69) is 5.32 Å². The van der Waals surface area contributed by atoms with Gasteiger partial charge in [0.25, 0.3) is 23.6 Å². The van der Waals surface area contributed by atoms with Gasteiger partial charge in [0, 0.05) is 69.3 Å². The molecule has 0 unspecified atom stereocenters. The van der Waals surface area contributed by atoms with Crippen LogP contribution in [0.15, 0.2) is 71.4 Å². The zero-order valence-corrected chi connectivity index (χ0v) is 24.4. The van der Waals surface area contributed by atoms with Crippen molar-refractivity contribution in [3.8, 4) is 40.4 Å². The lowest BCUT2D eigenvalue weighted by Gasteiger charge is -2.30. The second-order valence-corrected chi connectivity index (χ2v) is 13.7. The van der Waals surface area contributed by atoms with Crippen molar-refractivity contribution in [2.45, 2.75) is 0 Å². The SMILES string of the molecule is CN1C(=O)c2cc(-c3ccc(-c4cccs4)s3)c3c4c(cc(-c5ccc(-c6cccs6)s5)c(c24)C1=O)C(=O)NC3=O. The molecule has 6 aromatic rings. The van der Waals surface area contributed by atoms with Gasteiger partial charge in [0.15, 0.2) is 0 Å². The first-order chi connectivity index (χ1) is 19.9. The summed E-state index contributed by atoms with van der Waals surface area (Å²) in [5.74, 6) is -2.00. The number of nitrogens with one attached hydrogen (secondary N) is 1. The zero-order valence-electron chi connectivity index (χ0n) is 21.1. The molecule has 6 heterocycles. The second kappa shape index (κ2) is 8.89. The summed E-state index contributed by atoms with van der Waals surface area (Å²) in [5.41, 5.74) is 2.37. The molecule has 0 bridgehead atoms. The second-order valence-electron chi connectivity index (χ2n) is 9.68. The lowest BCUT2D eigenvalue weighted by molar-refractivity contribution is 0.0649. The number of carbonyl (C=O) groups is 4. The summed E-state index contributed by atoms with van der Waals surface area (Å²) >= 11 is 6.28. The van der Waals surface area contributed by atoms with Gasteiger partial charge in [-0.3, -0.25) is 29.4 Å². The fourth-order valence-corrected chi connectivity index (χ4v) is 9.30. The van der Waals surface area contributed by atoms with Crippen molar-refractivity contribution in [1.29, 1.82) is 0 Å². The number of benzene rings is 2. The van der Waals surface area contributed by atoms with Crippen LogP contribution in [-0.2, 0) is 0 Å². The van der Waals surface area contributed by atoms with E-state index in [1.165, 1.54) is 29.7 Å². The molecule has 6 nitrogen and oxygen atoms in total. The van der Waals surface area contributed by atoms with E-state index in [0.717, 1.165) is 34.2 Å². The molecular weight excluding hydrogens is 593 g/mol. The Morgan fingerprint density at radius 1 is 0.561 bits per heavy atom. The van der Waals surface area contributed by atoms with Crippen molar-refractivity contribution >= 4 is 79.7 Å². The van der Waals surface area contributed by atoms with Crippen LogP contribution in [0.1, 0.15) is 41.4 Å². The quantitative estimate of drug-likeness (QED) is 0.207. The van der Waals surface area contributed by atoms with Gasteiger partial charge in [0.1, 0.15) is 0 Å². The van der Waals surface area contributed by atoms with E-state index < -0.39 is 23.6 Å². The summed E-state index contributed by atoms with van der Waals surface area (Å²) < 4.78 is 0. The number of hydrogen-bond acceptors (Lipinski definition) is 8. The van der Waals surface area contributed by atoms with Crippen LogP contribution in [0.2, 0.25) is 0 Å². The van der Waals surface area contributed by atoms with Gasteiger partial charge in [-0.25, -0.2) is 0 Å². The maximum Gasteiger partial charge on any atom is 0.261 e. The minimum Gasteiger partial charge on any atom is -0.288 e. The highest BCUT2D eigenvalue weighted by atomic mass is 32.1. The number of thiophene rings is 4. The first kappa shape index (κ1) is 24.6. The van der Waals surface area contributed by atoms with E-state index in [0.29, 0.717) is 38.6 Å². The van der Waals surface area contributed by atoms with Crippen LogP contribution in [-0.4, -0.2) is 35.6 Å². The summed E-state index contributed by atoms with van der Waals surface area (Å²) in [6.07, 6.45) is 0. The van der Waals surface area contributed by atoms with Crippen molar-refractivity contribution < 1.29 is 19.2 Å². The van der Waals surface area contributed by atoms with Gasteiger partial charge in [0.05, 0.1) is 11.1 Å². The average molecular weight is 609 g/mol. The van der Waals surface area contributed by atoms with E-state index in [1.807, 2.05) is 59.3 Å². The first-order valence-corrected chi connectivity index (χ1v) is 15.9. The molecule has 0 aliphatic carbocycles. The summed E-state index contributed by atoms with van der Waals surface area (Å²) in [5, 5.41) is 7.25. The van der Waals surface area contributed by atoms with Crippen LogP contribution < -0.4 is 5.32 Å². The molecule has 41 heavy (non-hydrogen) atoms. The fourth-order valence-electron chi connectivity index (χ4n) is 5.57. The average Bonchev–Trinajstić information content (AvgIpc) is 3.79. The molecule has 2 aromatic carbocycles. The van der Waals surface area contributed by atoms with Crippen LogP contribution >= 0.6 is 45.3 Å². The third-order valence-corrected chi connectivity index (χ3v) is 11.8. The van der Waals surface area contributed by atoms with Crippen molar-refractivity contribution in [3.63, 3.8) is 0 Å². The van der Waals surface area contributed by atoms with Gasteiger partial charge >= 0.3 is 0 Å². The molecule has 198 valence electrons. The van der Waals surface area contributed by atoms with Crippen LogP contribution in [0.3, 0.4) is 0 Å². The standard InChI is InChI=1S/C31H16N2O4S4/c1-33-30(36)17-13-14(18-6-8-22(40-18)20-4-2-10-38-20)26-24-16(28(34)32-29(26)35)12-15(27(25(17)24)31(33)37)19-7-9-23(41-19)21-5-3-11-39-21/h2-13H,1H3,(H,32,34,35). The van der Waals surface area contributed by atoms with Gasteiger partial charge in [-0.15, -0.1) is 45.3 Å². The Bertz CT molecular complexity index is 2120. The Hall–Kier alpha value is -4.22. The van der Waals surface area contributed by atoms with Crippen molar-refractivity contribution in [2.75, 3.05) is 7.05 Å². The number of carbonyl (C=O) groups excluding carboxylic acids is 4. The number of nitrogens with zero attached hydrogens (tertiary/aromatic N) is 1. The molecular formula is C31H16N2O4S4. The molecule has 0 radical (unpaired) electrons. The molecule has 10 heteroatoms. The van der Waals surface area contributed by atoms with Gasteiger partial charge < -0.3 is 0 Å². The molecule has 4 amide bonds. The van der Waals surface area contributed by atoms with Gasteiger partial charge in [-0.05, 0) is 59.3 Å². The zero-order chi connectivity index (χ0) is 28.0. The number of imide groups is 2. The molecule has 0 saturated heterocycles. The Labute approximate surface area is 249 Å². The molecule has 2 aliphatic heterocycles. The van der Waals surface area contributed by atoms with Gasteiger partial charge in [0.2, 0.25) is 0 Å². The molecule has 0 saturated carbocycles. The number of rotatable bonds is 4. The predicted molar refractivity (Wildman–Crippen MR) is 165 cm³/mol. The van der Waals surface area contributed by atoms with Crippen molar-refractivity contribution in [3.05, 3.63) is 93.7 Å². The van der Waals surface area contributed by atoms with Crippen molar-refractivity contribution in [1.82, 2.24) is 10.2 Å². The third kappa shape index (κ3) is 3.51. The van der Waals surface area contributed by atoms with Crippen LogP contribution in [0, 0.1) is 0 Å². The highest BCUT2D eigenvalue weighted by Gasteiger charge is 2.40. The van der Waals surface area contributed by atoms with E-state index >= 15 is 0 Å². The summed E-state index contributed by atoms with van der Waals surface area (Å²) in [4.78, 5) is 61.2. The lowest BCUT2D eigenvalue weighted by atomic mass is 9.81. The van der Waals surface area contributed by atoms with Crippen molar-refractivity contribution in [2.24, 2.45) is 0 Å². The van der Waals surface area contributed by atoms with Crippen LogP contribution in [0.25, 0.3) is 51.2 Å². The Balaban J connectivity index is 1.45. The van der Waals surface area contributed by atoms with E-state index in [-0.39, 0.29) is 5.56 Å². The highest BCUT2D eigenvalue weighted by Crippen LogP contribution is 2.48. The number of hydrogen-bond donors (Lipinski definition) is 1. The molecule has 1 N–H and O–H groups in total. The maximum atomic E-state index is 13.8. The molecule has 2 aliphatic rings. The van der Waals surface area contributed by atoms with E-state index in [1.54, 1.807) is 34.8 Å². The van der Waals surface area contributed by atoms with Crippen LogP contribution in [0.5, 0.6) is 0 Å². The fraction of sp³-hybridized carbons (Fsp3) is 0.0323. The summed E-state index contributed by atoms with van der Waals surface area (Å²) in [7, 11) is 1.47. The molecule has 0 fully saturated rings. The maximum absolute atomic E-state index is 13.8. The summed E-state index contributed by atoms with van der Waals surface area (Å²) in [6, 6.07) is 19.3. The Morgan fingerprint density at radius 3 is 1.68 bits per heavy atom. The molecule has 8 rings (SSSR count).